The van der Waals surface area contributed by atoms with Crippen molar-refractivity contribution in [3.63, 3.8) is 0 Å². The average molecular weight is 235 g/mol. The summed E-state index contributed by atoms with van der Waals surface area (Å²) in [6, 6.07) is 8.94. The molecule has 1 heterocycles. The minimum atomic E-state index is -0.623. The molecule has 1 aliphatic heterocycles. The molecule has 1 aromatic carbocycles. The Kier molecular flexibility index (Phi) is 4.38. The van der Waals surface area contributed by atoms with Gasteiger partial charge in [-0.3, -0.25) is 0 Å². The Hall–Kier alpha value is -1.55. The Balaban J connectivity index is 1.70. The van der Waals surface area contributed by atoms with E-state index in [0.717, 1.165) is 25.9 Å². The lowest BCUT2D eigenvalue weighted by Gasteiger charge is -2.21. The number of carbonyl (C=O) groups is 1. The Morgan fingerprint density at radius 3 is 2.88 bits per heavy atom. The molecule has 0 aromatic heterocycles. The summed E-state index contributed by atoms with van der Waals surface area (Å²) in [6.45, 7) is 2.41. The van der Waals surface area contributed by atoms with Crippen molar-refractivity contribution in [2.45, 2.75) is 12.8 Å². The number of ether oxygens (including phenoxy) is 2. The molecular formula is C13H17NO3. The van der Waals surface area contributed by atoms with E-state index in [2.05, 4.69) is 5.32 Å². The fraction of sp³-hybridized carbons (Fsp3) is 0.462. The molecule has 0 saturated carbocycles. The summed E-state index contributed by atoms with van der Waals surface area (Å²) in [4.78, 5) is 11.4. The van der Waals surface area contributed by atoms with E-state index in [9.17, 15) is 4.79 Å². The monoisotopic (exact) mass is 235 g/mol. The Bertz CT molecular complexity index is 347. The molecule has 2 rings (SSSR count). The molecule has 17 heavy (non-hydrogen) atoms. The van der Waals surface area contributed by atoms with Crippen molar-refractivity contribution in [2.24, 2.45) is 5.92 Å². The SMILES string of the molecule is O=C(OCC1CCCNC1)Oc1ccccc1. The largest absolute Gasteiger partial charge is 0.513 e. The van der Waals surface area contributed by atoms with E-state index in [1.54, 1.807) is 12.1 Å². The second-order valence-corrected chi connectivity index (χ2v) is 4.19. The summed E-state index contributed by atoms with van der Waals surface area (Å²) in [5.74, 6) is 0.923. The lowest BCUT2D eigenvalue weighted by molar-refractivity contribution is 0.0792. The molecule has 1 unspecified atom stereocenters. The summed E-state index contributed by atoms with van der Waals surface area (Å²) < 4.78 is 10.1. The maximum absolute atomic E-state index is 11.4. The van der Waals surface area contributed by atoms with Gasteiger partial charge >= 0.3 is 6.16 Å². The number of rotatable bonds is 3. The third-order valence-electron chi connectivity index (χ3n) is 2.78. The minimum Gasteiger partial charge on any atom is -0.434 e. The number of nitrogens with one attached hydrogen (secondary N) is 1. The molecule has 1 saturated heterocycles. The molecule has 1 atom stereocenters. The first-order valence-electron chi connectivity index (χ1n) is 5.95. The van der Waals surface area contributed by atoms with E-state index >= 15 is 0 Å². The molecule has 1 N–H and O–H groups in total. The van der Waals surface area contributed by atoms with Crippen LogP contribution in [0.1, 0.15) is 12.8 Å². The molecule has 1 aliphatic rings. The molecule has 0 bridgehead atoms. The fourth-order valence-electron chi connectivity index (χ4n) is 1.87. The highest BCUT2D eigenvalue weighted by molar-refractivity contribution is 5.63. The van der Waals surface area contributed by atoms with Crippen LogP contribution in [-0.2, 0) is 4.74 Å². The number of benzene rings is 1. The molecule has 0 spiro atoms. The number of hydrogen-bond donors (Lipinski definition) is 1. The number of hydrogen-bond acceptors (Lipinski definition) is 4. The lowest BCUT2D eigenvalue weighted by Crippen LogP contribution is -2.33. The van der Waals surface area contributed by atoms with E-state index in [4.69, 9.17) is 9.47 Å². The van der Waals surface area contributed by atoms with Crippen LogP contribution in [0.4, 0.5) is 4.79 Å². The van der Waals surface area contributed by atoms with Crippen molar-refractivity contribution in [2.75, 3.05) is 19.7 Å². The van der Waals surface area contributed by atoms with Crippen molar-refractivity contribution in [1.29, 1.82) is 0 Å². The van der Waals surface area contributed by atoms with E-state index in [0.29, 0.717) is 18.3 Å². The van der Waals surface area contributed by atoms with Gasteiger partial charge in [-0.1, -0.05) is 18.2 Å². The highest BCUT2D eigenvalue weighted by atomic mass is 16.7. The first kappa shape index (κ1) is 11.9. The van der Waals surface area contributed by atoms with Crippen molar-refractivity contribution < 1.29 is 14.3 Å². The first-order chi connectivity index (χ1) is 8.34. The van der Waals surface area contributed by atoms with Gasteiger partial charge in [0.1, 0.15) is 5.75 Å². The molecule has 0 radical (unpaired) electrons. The van der Waals surface area contributed by atoms with Gasteiger partial charge in [0.2, 0.25) is 0 Å². The third kappa shape index (κ3) is 4.07. The molecule has 4 heteroatoms. The van der Waals surface area contributed by atoms with Gasteiger partial charge < -0.3 is 14.8 Å². The van der Waals surface area contributed by atoms with Gasteiger partial charge in [-0.2, -0.15) is 0 Å². The third-order valence-corrected chi connectivity index (χ3v) is 2.78. The lowest BCUT2D eigenvalue weighted by atomic mass is 10.0. The van der Waals surface area contributed by atoms with Crippen molar-refractivity contribution in [3.8, 4) is 5.75 Å². The number of carbonyl (C=O) groups excluding carboxylic acids is 1. The normalized spacial score (nSPS) is 19.6. The van der Waals surface area contributed by atoms with E-state index in [-0.39, 0.29) is 0 Å². The van der Waals surface area contributed by atoms with E-state index in [1.807, 2.05) is 18.2 Å². The maximum atomic E-state index is 11.4. The van der Waals surface area contributed by atoms with Crippen LogP contribution < -0.4 is 10.1 Å². The number of piperidine rings is 1. The summed E-state index contributed by atoms with van der Waals surface area (Å²) in [5, 5.41) is 3.28. The molecular weight excluding hydrogens is 218 g/mol. The summed E-state index contributed by atoms with van der Waals surface area (Å²) in [6.07, 6.45) is 1.62. The summed E-state index contributed by atoms with van der Waals surface area (Å²) in [5.41, 5.74) is 0. The van der Waals surface area contributed by atoms with Gasteiger partial charge in [-0.25, -0.2) is 4.79 Å². The van der Waals surface area contributed by atoms with Crippen LogP contribution in [0, 0.1) is 5.92 Å². The Morgan fingerprint density at radius 2 is 2.18 bits per heavy atom. The van der Waals surface area contributed by atoms with Crippen LogP contribution in [0.3, 0.4) is 0 Å². The van der Waals surface area contributed by atoms with Crippen LogP contribution in [0.5, 0.6) is 5.75 Å². The Labute approximate surface area is 101 Å². The minimum absolute atomic E-state index is 0.409. The fourth-order valence-corrected chi connectivity index (χ4v) is 1.87. The highest BCUT2D eigenvalue weighted by Crippen LogP contribution is 2.12. The van der Waals surface area contributed by atoms with Crippen molar-refractivity contribution in [3.05, 3.63) is 30.3 Å². The zero-order valence-electron chi connectivity index (χ0n) is 9.72. The molecule has 0 aliphatic carbocycles. The second-order valence-electron chi connectivity index (χ2n) is 4.19. The van der Waals surface area contributed by atoms with Gasteiger partial charge in [0.05, 0.1) is 6.61 Å². The van der Waals surface area contributed by atoms with Crippen LogP contribution in [-0.4, -0.2) is 25.9 Å². The zero-order chi connectivity index (χ0) is 11.9. The van der Waals surface area contributed by atoms with Gasteiger partial charge in [0.25, 0.3) is 0 Å². The predicted molar refractivity (Wildman–Crippen MR) is 64.0 cm³/mol. The van der Waals surface area contributed by atoms with Crippen LogP contribution in [0.15, 0.2) is 30.3 Å². The quantitative estimate of drug-likeness (QED) is 0.644. The molecule has 92 valence electrons. The van der Waals surface area contributed by atoms with Gasteiger partial charge in [0.15, 0.2) is 0 Å². The van der Waals surface area contributed by atoms with Crippen LogP contribution in [0.25, 0.3) is 0 Å². The number of para-hydroxylation sites is 1. The van der Waals surface area contributed by atoms with Crippen molar-refractivity contribution in [1.82, 2.24) is 5.32 Å². The summed E-state index contributed by atoms with van der Waals surface area (Å²) >= 11 is 0. The van der Waals surface area contributed by atoms with Gasteiger partial charge in [0, 0.05) is 12.5 Å². The van der Waals surface area contributed by atoms with Crippen LogP contribution in [0.2, 0.25) is 0 Å². The van der Waals surface area contributed by atoms with Crippen molar-refractivity contribution >= 4 is 6.16 Å². The second kappa shape index (κ2) is 6.25. The van der Waals surface area contributed by atoms with E-state index < -0.39 is 6.16 Å². The smallest absolute Gasteiger partial charge is 0.434 e. The molecule has 0 amide bonds. The molecule has 1 aromatic rings. The topological polar surface area (TPSA) is 47.6 Å². The molecule has 1 fully saturated rings. The average Bonchev–Trinajstić information content (AvgIpc) is 2.39. The summed E-state index contributed by atoms with van der Waals surface area (Å²) in [7, 11) is 0. The molecule has 4 nitrogen and oxygen atoms in total. The van der Waals surface area contributed by atoms with E-state index in [1.165, 1.54) is 0 Å². The predicted octanol–water partition coefficient (Wildman–Crippen LogP) is 2.20. The maximum Gasteiger partial charge on any atom is 0.513 e. The first-order valence-corrected chi connectivity index (χ1v) is 5.95. The Morgan fingerprint density at radius 1 is 1.35 bits per heavy atom. The standard InChI is InChI=1S/C13H17NO3/c15-13(17-12-6-2-1-3-7-12)16-10-11-5-4-8-14-9-11/h1-3,6-7,11,14H,4-5,8-10H2. The van der Waals surface area contributed by atoms with Crippen LogP contribution >= 0.6 is 0 Å². The van der Waals surface area contributed by atoms with Gasteiger partial charge in [-0.15, -0.1) is 0 Å². The zero-order valence-corrected chi connectivity index (χ0v) is 9.72. The van der Waals surface area contributed by atoms with Gasteiger partial charge in [-0.05, 0) is 31.5 Å². The highest BCUT2D eigenvalue weighted by Gasteiger charge is 2.15.